The van der Waals surface area contributed by atoms with Gasteiger partial charge in [0, 0.05) is 11.6 Å². The summed E-state index contributed by atoms with van der Waals surface area (Å²) in [6.45, 7) is 2.06. The Balaban J connectivity index is 0.000000845. The van der Waals surface area contributed by atoms with E-state index < -0.39 is 0 Å². The zero-order valence-electron chi connectivity index (χ0n) is 7.46. The van der Waals surface area contributed by atoms with Gasteiger partial charge in [-0.25, -0.2) is 4.39 Å². The van der Waals surface area contributed by atoms with Crippen molar-refractivity contribution >= 4 is 12.4 Å². The topological polar surface area (TPSA) is 26.0 Å². The van der Waals surface area contributed by atoms with E-state index in [4.69, 9.17) is 5.73 Å². The number of rotatable bonds is 0. The SMILES string of the molecule is CC1Cc2cccc(F)c2C1N.Cl. The van der Waals surface area contributed by atoms with Crippen molar-refractivity contribution in [2.24, 2.45) is 11.7 Å². The highest BCUT2D eigenvalue weighted by Crippen LogP contribution is 2.35. The van der Waals surface area contributed by atoms with Gasteiger partial charge in [-0.1, -0.05) is 19.1 Å². The molecule has 1 nitrogen and oxygen atoms in total. The number of hydrogen-bond donors (Lipinski definition) is 1. The predicted octanol–water partition coefficient (Wildman–Crippen LogP) is 2.44. The van der Waals surface area contributed by atoms with Gasteiger partial charge in [0.05, 0.1) is 0 Å². The molecule has 2 unspecified atom stereocenters. The number of fused-ring (bicyclic) bond motifs is 1. The molecule has 0 saturated heterocycles. The van der Waals surface area contributed by atoms with E-state index in [1.54, 1.807) is 6.07 Å². The minimum Gasteiger partial charge on any atom is -0.324 e. The summed E-state index contributed by atoms with van der Waals surface area (Å²) in [5, 5.41) is 0. The Kier molecular flexibility index (Phi) is 2.94. The molecule has 1 aromatic carbocycles. The quantitative estimate of drug-likeness (QED) is 0.686. The van der Waals surface area contributed by atoms with Crippen LogP contribution in [0.3, 0.4) is 0 Å². The van der Waals surface area contributed by atoms with Crippen LogP contribution in [-0.2, 0) is 6.42 Å². The van der Waals surface area contributed by atoms with Gasteiger partial charge in [-0.2, -0.15) is 0 Å². The van der Waals surface area contributed by atoms with Crippen molar-refractivity contribution in [1.29, 1.82) is 0 Å². The molecule has 2 atom stereocenters. The molecule has 2 N–H and O–H groups in total. The first-order valence-corrected chi connectivity index (χ1v) is 4.23. The van der Waals surface area contributed by atoms with Crippen molar-refractivity contribution in [3.05, 3.63) is 35.1 Å². The van der Waals surface area contributed by atoms with Crippen LogP contribution in [0, 0.1) is 11.7 Å². The fourth-order valence-corrected chi connectivity index (χ4v) is 1.89. The molecule has 1 aliphatic rings. The summed E-state index contributed by atoms with van der Waals surface area (Å²) in [5.41, 5.74) is 7.66. The lowest BCUT2D eigenvalue weighted by Crippen LogP contribution is -2.14. The lowest BCUT2D eigenvalue weighted by Gasteiger charge is -2.09. The third-order valence-corrected chi connectivity index (χ3v) is 2.63. The minimum atomic E-state index is -0.149. The first-order chi connectivity index (χ1) is 5.70. The highest BCUT2D eigenvalue weighted by molar-refractivity contribution is 5.85. The van der Waals surface area contributed by atoms with E-state index in [9.17, 15) is 4.39 Å². The van der Waals surface area contributed by atoms with Gasteiger partial charge in [0.1, 0.15) is 5.82 Å². The molecule has 13 heavy (non-hydrogen) atoms. The summed E-state index contributed by atoms with van der Waals surface area (Å²) >= 11 is 0. The molecule has 0 heterocycles. The molecule has 3 heteroatoms. The van der Waals surface area contributed by atoms with Crippen LogP contribution in [0.5, 0.6) is 0 Å². The van der Waals surface area contributed by atoms with E-state index in [0.717, 1.165) is 17.5 Å². The highest BCUT2D eigenvalue weighted by Gasteiger charge is 2.28. The minimum absolute atomic E-state index is 0. The molecular weight excluding hydrogens is 189 g/mol. The van der Waals surface area contributed by atoms with Crippen LogP contribution in [-0.4, -0.2) is 0 Å². The Morgan fingerprint density at radius 2 is 2.15 bits per heavy atom. The van der Waals surface area contributed by atoms with Crippen LogP contribution in [0.25, 0.3) is 0 Å². The Morgan fingerprint density at radius 1 is 1.46 bits per heavy atom. The Bertz CT molecular complexity index is 314. The molecule has 0 aliphatic heterocycles. The van der Waals surface area contributed by atoms with Gasteiger partial charge in [-0.3, -0.25) is 0 Å². The summed E-state index contributed by atoms with van der Waals surface area (Å²) < 4.78 is 13.2. The van der Waals surface area contributed by atoms with Crippen LogP contribution in [0.4, 0.5) is 4.39 Å². The Labute approximate surface area is 83.5 Å². The van der Waals surface area contributed by atoms with Crippen LogP contribution < -0.4 is 5.73 Å². The molecule has 0 amide bonds. The van der Waals surface area contributed by atoms with Crippen LogP contribution in [0.15, 0.2) is 18.2 Å². The van der Waals surface area contributed by atoms with Gasteiger partial charge in [-0.15, -0.1) is 12.4 Å². The second kappa shape index (κ2) is 3.64. The summed E-state index contributed by atoms with van der Waals surface area (Å²) in [6, 6.07) is 5.08. The summed E-state index contributed by atoms with van der Waals surface area (Å²) in [7, 11) is 0. The predicted molar refractivity (Wildman–Crippen MR) is 53.4 cm³/mol. The monoisotopic (exact) mass is 201 g/mol. The highest BCUT2D eigenvalue weighted by atomic mass is 35.5. The lowest BCUT2D eigenvalue weighted by molar-refractivity contribution is 0.495. The molecule has 0 bridgehead atoms. The lowest BCUT2D eigenvalue weighted by atomic mass is 10.0. The van der Waals surface area contributed by atoms with E-state index in [2.05, 4.69) is 6.92 Å². The fourth-order valence-electron chi connectivity index (χ4n) is 1.89. The van der Waals surface area contributed by atoms with E-state index in [0.29, 0.717) is 5.92 Å². The molecule has 1 aliphatic carbocycles. The second-order valence-corrected chi connectivity index (χ2v) is 3.52. The first-order valence-electron chi connectivity index (χ1n) is 4.23. The van der Waals surface area contributed by atoms with Crippen molar-refractivity contribution < 1.29 is 4.39 Å². The normalized spacial score (nSPS) is 25.2. The molecular formula is C10H13ClFN. The van der Waals surface area contributed by atoms with E-state index in [1.165, 1.54) is 6.07 Å². The maximum absolute atomic E-state index is 13.2. The molecule has 0 spiro atoms. The van der Waals surface area contributed by atoms with Crippen LogP contribution in [0.1, 0.15) is 24.1 Å². The van der Waals surface area contributed by atoms with Gasteiger partial charge in [0.25, 0.3) is 0 Å². The maximum Gasteiger partial charge on any atom is 0.128 e. The van der Waals surface area contributed by atoms with Gasteiger partial charge < -0.3 is 5.73 Å². The molecule has 0 fully saturated rings. The van der Waals surface area contributed by atoms with Gasteiger partial charge in [-0.05, 0) is 24.0 Å². The van der Waals surface area contributed by atoms with Crippen molar-refractivity contribution in [3.8, 4) is 0 Å². The number of benzene rings is 1. The summed E-state index contributed by atoms with van der Waals surface area (Å²) in [4.78, 5) is 0. The molecule has 72 valence electrons. The summed E-state index contributed by atoms with van der Waals surface area (Å²) in [6.07, 6.45) is 0.911. The standard InChI is InChI=1S/C10H12FN.ClH/c1-6-5-7-3-2-4-8(11)9(7)10(6)12;/h2-4,6,10H,5,12H2,1H3;1H. The Morgan fingerprint density at radius 3 is 2.77 bits per heavy atom. The third-order valence-electron chi connectivity index (χ3n) is 2.63. The zero-order chi connectivity index (χ0) is 8.72. The largest absolute Gasteiger partial charge is 0.324 e. The van der Waals surface area contributed by atoms with Gasteiger partial charge in [0.2, 0.25) is 0 Å². The van der Waals surface area contributed by atoms with Crippen molar-refractivity contribution in [2.75, 3.05) is 0 Å². The van der Waals surface area contributed by atoms with Crippen LogP contribution in [0.2, 0.25) is 0 Å². The fraction of sp³-hybridized carbons (Fsp3) is 0.400. The van der Waals surface area contributed by atoms with E-state index in [1.807, 2.05) is 6.07 Å². The maximum atomic E-state index is 13.2. The molecule has 2 rings (SSSR count). The average molecular weight is 202 g/mol. The van der Waals surface area contributed by atoms with Crippen molar-refractivity contribution in [2.45, 2.75) is 19.4 Å². The van der Waals surface area contributed by atoms with E-state index in [-0.39, 0.29) is 24.3 Å². The van der Waals surface area contributed by atoms with Crippen molar-refractivity contribution in [3.63, 3.8) is 0 Å². The molecule has 0 aromatic heterocycles. The molecule has 1 aromatic rings. The van der Waals surface area contributed by atoms with Gasteiger partial charge in [0.15, 0.2) is 0 Å². The smallest absolute Gasteiger partial charge is 0.128 e. The van der Waals surface area contributed by atoms with Gasteiger partial charge >= 0.3 is 0 Å². The van der Waals surface area contributed by atoms with E-state index >= 15 is 0 Å². The number of halogens is 2. The number of nitrogens with two attached hydrogens (primary N) is 1. The molecule has 0 radical (unpaired) electrons. The Hall–Kier alpha value is -0.600. The third kappa shape index (κ3) is 1.56. The number of hydrogen-bond acceptors (Lipinski definition) is 1. The molecule has 0 saturated carbocycles. The second-order valence-electron chi connectivity index (χ2n) is 3.52. The summed E-state index contributed by atoms with van der Waals surface area (Å²) in [5.74, 6) is 0.223. The average Bonchev–Trinajstić information content (AvgIpc) is 2.29. The van der Waals surface area contributed by atoms with Crippen molar-refractivity contribution in [1.82, 2.24) is 0 Å². The first kappa shape index (κ1) is 10.5. The zero-order valence-corrected chi connectivity index (χ0v) is 8.27. The van der Waals surface area contributed by atoms with Crippen LogP contribution >= 0.6 is 12.4 Å².